The van der Waals surface area contributed by atoms with Crippen molar-refractivity contribution >= 4 is 5.69 Å². The van der Waals surface area contributed by atoms with E-state index in [1.165, 1.54) is 36.1 Å². The Bertz CT molecular complexity index is 580. The highest BCUT2D eigenvalue weighted by Gasteiger charge is 2.67. The molecular weight excluding hydrogens is 285 g/mol. The van der Waals surface area contributed by atoms with Crippen LogP contribution in [0.15, 0.2) is 18.2 Å². The number of halogens is 1. The minimum absolute atomic E-state index is 0.0805. The summed E-state index contributed by atoms with van der Waals surface area (Å²) in [6.45, 7) is 13.5. The van der Waals surface area contributed by atoms with E-state index in [1.807, 2.05) is 20.8 Å². The van der Waals surface area contributed by atoms with E-state index in [1.54, 1.807) is 0 Å². The maximum Gasteiger partial charge on any atom is 0.120 e. The molecule has 1 nitrogen and oxygen atoms in total. The molecule has 1 aromatic rings. The van der Waals surface area contributed by atoms with Gasteiger partial charge in [0.25, 0.3) is 0 Å². The van der Waals surface area contributed by atoms with Crippen LogP contribution in [0.2, 0.25) is 0 Å². The summed E-state index contributed by atoms with van der Waals surface area (Å²) >= 11 is 0. The normalized spacial score (nSPS) is 32.2. The third-order valence-corrected chi connectivity index (χ3v) is 6.05. The average molecular weight is 317 g/mol. The lowest BCUT2D eigenvalue weighted by atomic mass is 9.79. The van der Waals surface area contributed by atoms with Gasteiger partial charge in [0, 0.05) is 30.1 Å². The van der Waals surface area contributed by atoms with Crippen LogP contribution < -0.4 is 4.90 Å². The van der Waals surface area contributed by atoms with Gasteiger partial charge in [-0.25, -0.2) is 4.39 Å². The van der Waals surface area contributed by atoms with Crippen LogP contribution in [0.25, 0.3) is 0 Å². The maximum atomic E-state index is 14.9. The van der Waals surface area contributed by atoms with Crippen LogP contribution in [0.1, 0.15) is 77.8 Å². The van der Waals surface area contributed by atoms with E-state index in [-0.39, 0.29) is 17.3 Å². The quantitative estimate of drug-likeness (QED) is 0.630. The lowest BCUT2D eigenvalue weighted by molar-refractivity contribution is 0.299. The molecular formula is C21H32FN. The molecule has 3 aliphatic rings. The number of anilines is 1. The highest BCUT2D eigenvalue weighted by atomic mass is 19.1. The molecule has 0 saturated heterocycles. The topological polar surface area (TPSA) is 3.24 Å². The first-order valence-electron chi connectivity index (χ1n) is 9.41. The first-order valence-corrected chi connectivity index (χ1v) is 9.41. The smallest absolute Gasteiger partial charge is 0.120 e. The van der Waals surface area contributed by atoms with Gasteiger partial charge in [0.15, 0.2) is 0 Å². The molecule has 0 aromatic heterocycles. The van der Waals surface area contributed by atoms with Crippen molar-refractivity contribution in [2.24, 2.45) is 5.92 Å². The van der Waals surface area contributed by atoms with Crippen molar-refractivity contribution < 1.29 is 4.39 Å². The molecule has 3 atom stereocenters. The summed E-state index contributed by atoms with van der Waals surface area (Å²) in [4.78, 5) is 2.53. The Morgan fingerprint density at radius 2 is 1.83 bits per heavy atom. The Balaban J connectivity index is 0.000000753. The molecule has 4 rings (SSSR count). The fourth-order valence-electron chi connectivity index (χ4n) is 4.47. The average Bonchev–Trinajstić information content (AvgIpc) is 2.99. The third kappa shape index (κ3) is 2.49. The molecule has 2 fully saturated rings. The van der Waals surface area contributed by atoms with Crippen molar-refractivity contribution in [2.45, 2.75) is 83.8 Å². The number of alkyl halides is 1. The van der Waals surface area contributed by atoms with Gasteiger partial charge in [0.2, 0.25) is 0 Å². The van der Waals surface area contributed by atoms with Gasteiger partial charge in [0.1, 0.15) is 5.67 Å². The molecule has 0 amide bonds. The number of hydrogen-bond donors (Lipinski definition) is 0. The van der Waals surface area contributed by atoms with Crippen LogP contribution in [-0.2, 0) is 5.41 Å². The Morgan fingerprint density at radius 1 is 1.17 bits per heavy atom. The van der Waals surface area contributed by atoms with Crippen LogP contribution in [0.5, 0.6) is 0 Å². The van der Waals surface area contributed by atoms with Gasteiger partial charge in [-0.1, -0.05) is 46.8 Å². The summed E-state index contributed by atoms with van der Waals surface area (Å²) in [5, 5.41) is 0. The van der Waals surface area contributed by atoms with Gasteiger partial charge in [-0.05, 0) is 48.8 Å². The molecule has 1 aromatic carbocycles. The molecule has 2 aliphatic carbocycles. The first kappa shape index (κ1) is 16.8. The predicted molar refractivity (Wildman–Crippen MR) is 97.2 cm³/mol. The van der Waals surface area contributed by atoms with Crippen molar-refractivity contribution in [1.82, 2.24) is 0 Å². The Morgan fingerprint density at radius 3 is 2.35 bits per heavy atom. The van der Waals surface area contributed by atoms with Crippen molar-refractivity contribution in [3.63, 3.8) is 0 Å². The third-order valence-electron chi connectivity index (χ3n) is 6.05. The van der Waals surface area contributed by atoms with Gasteiger partial charge < -0.3 is 4.90 Å². The van der Waals surface area contributed by atoms with E-state index in [0.717, 1.165) is 6.54 Å². The largest absolute Gasteiger partial charge is 0.368 e. The first-order chi connectivity index (χ1) is 10.8. The van der Waals surface area contributed by atoms with Crippen LogP contribution >= 0.6 is 0 Å². The summed E-state index contributed by atoms with van der Waals surface area (Å²) < 4.78 is 14.9. The van der Waals surface area contributed by atoms with Crippen LogP contribution in [0, 0.1) is 5.92 Å². The molecule has 2 saturated carbocycles. The molecule has 0 bridgehead atoms. The predicted octanol–water partition coefficient (Wildman–Crippen LogP) is 5.82. The number of hydrogen-bond acceptors (Lipinski definition) is 1. The highest BCUT2D eigenvalue weighted by molar-refractivity contribution is 5.67. The molecule has 3 unspecified atom stereocenters. The molecule has 128 valence electrons. The fourth-order valence-corrected chi connectivity index (χ4v) is 4.47. The van der Waals surface area contributed by atoms with E-state index in [4.69, 9.17) is 0 Å². The number of rotatable bonds is 1. The zero-order valence-electron chi connectivity index (χ0n) is 15.6. The molecule has 0 N–H and O–H groups in total. The molecule has 1 heterocycles. The van der Waals surface area contributed by atoms with Crippen molar-refractivity contribution in [3.8, 4) is 0 Å². The van der Waals surface area contributed by atoms with Gasteiger partial charge in [-0.15, -0.1) is 0 Å². The van der Waals surface area contributed by atoms with E-state index in [2.05, 4.69) is 43.9 Å². The minimum atomic E-state index is -1.01. The molecule has 1 aliphatic heterocycles. The Kier molecular flexibility index (Phi) is 4.01. The van der Waals surface area contributed by atoms with E-state index >= 15 is 0 Å². The summed E-state index contributed by atoms with van der Waals surface area (Å²) in [5.41, 5.74) is 3.07. The summed E-state index contributed by atoms with van der Waals surface area (Å²) in [6, 6.07) is 7.27. The number of fused-ring (bicyclic) bond motifs is 3. The van der Waals surface area contributed by atoms with E-state index in [0.29, 0.717) is 6.04 Å². The summed E-state index contributed by atoms with van der Waals surface area (Å²) in [7, 11) is 0. The number of benzene rings is 1. The Hall–Kier alpha value is -1.05. The highest BCUT2D eigenvalue weighted by Crippen LogP contribution is 2.66. The molecule has 23 heavy (non-hydrogen) atoms. The van der Waals surface area contributed by atoms with Crippen LogP contribution in [0.3, 0.4) is 0 Å². The summed E-state index contributed by atoms with van der Waals surface area (Å²) in [6.07, 6.45) is 3.88. The number of nitrogens with zero attached hydrogens (tertiary/aromatic N) is 1. The van der Waals surface area contributed by atoms with Crippen LogP contribution in [0.4, 0.5) is 10.1 Å². The van der Waals surface area contributed by atoms with Crippen LogP contribution in [-0.4, -0.2) is 18.3 Å². The second-order valence-electron chi connectivity index (χ2n) is 8.46. The van der Waals surface area contributed by atoms with Crippen molar-refractivity contribution in [2.75, 3.05) is 11.4 Å². The fraction of sp³-hybridized carbons (Fsp3) is 0.714. The summed E-state index contributed by atoms with van der Waals surface area (Å²) in [5.74, 6) is 0.327. The second-order valence-corrected chi connectivity index (χ2v) is 8.46. The molecule has 2 heteroatoms. The standard InChI is InChI=1S/C19H26FN.C2H6/c1-18(2,3)13-9-6-10-15-16(13)17-14(19(17,4)20)11-21(15)12-7-5-8-12;1-2/h6,9-10,12,14,17H,5,7-8,11H2,1-4H3;1-2H3. The Labute approximate surface area is 141 Å². The van der Waals surface area contributed by atoms with Crippen molar-refractivity contribution in [3.05, 3.63) is 29.3 Å². The monoisotopic (exact) mass is 317 g/mol. The van der Waals surface area contributed by atoms with Gasteiger partial charge >= 0.3 is 0 Å². The SMILES string of the molecule is CC.CC(C)(C)c1cccc2c1C1C(CN2C2CCC2)C1(C)F. The van der Waals surface area contributed by atoms with Gasteiger partial charge in [0.05, 0.1) is 0 Å². The van der Waals surface area contributed by atoms with Crippen molar-refractivity contribution in [1.29, 1.82) is 0 Å². The zero-order valence-corrected chi connectivity index (χ0v) is 15.6. The van der Waals surface area contributed by atoms with Gasteiger partial charge in [-0.3, -0.25) is 0 Å². The molecule has 0 spiro atoms. The minimum Gasteiger partial charge on any atom is -0.368 e. The van der Waals surface area contributed by atoms with E-state index < -0.39 is 5.67 Å². The molecule has 0 radical (unpaired) electrons. The maximum absolute atomic E-state index is 14.9. The zero-order chi connectivity index (χ0) is 17.0. The van der Waals surface area contributed by atoms with Gasteiger partial charge in [-0.2, -0.15) is 0 Å². The van der Waals surface area contributed by atoms with E-state index in [9.17, 15) is 4.39 Å². The lowest BCUT2D eigenvalue weighted by Crippen LogP contribution is -2.44. The second kappa shape index (κ2) is 5.50. The lowest BCUT2D eigenvalue weighted by Gasteiger charge is -2.43.